The number of nitrogens with one attached hydrogen (secondary N) is 1. The Hall–Kier alpha value is -3.10. The van der Waals surface area contributed by atoms with E-state index in [4.69, 9.17) is 9.72 Å². The third kappa shape index (κ3) is 4.56. The molecule has 4 aromatic rings. The number of aryl methyl sites for hydroxylation is 2. The average Bonchev–Trinajstić information content (AvgIpc) is 3.22. The topological polar surface area (TPSA) is 73.2 Å². The van der Waals surface area contributed by atoms with Crippen LogP contribution in [-0.2, 0) is 11.2 Å². The second-order valence-corrected chi connectivity index (χ2v) is 9.25. The van der Waals surface area contributed by atoms with E-state index in [0.29, 0.717) is 26.8 Å². The summed E-state index contributed by atoms with van der Waals surface area (Å²) in [6, 6.07) is 16.9. The summed E-state index contributed by atoms with van der Waals surface area (Å²) in [5, 5.41) is 4.00. The van der Waals surface area contributed by atoms with Gasteiger partial charge in [0.1, 0.15) is 10.6 Å². The van der Waals surface area contributed by atoms with Crippen LogP contribution in [0.2, 0.25) is 0 Å². The minimum absolute atomic E-state index is 0.105. The molecule has 8 heteroatoms. The number of amides is 1. The Bertz CT molecular complexity index is 1330. The summed E-state index contributed by atoms with van der Waals surface area (Å²) in [6.07, 6.45) is 0.842. The highest BCUT2D eigenvalue weighted by molar-refractivity contribution is 7.99. The first-order valence-corrected chi connectivity index (χ1v) is 12.0. The van der Waals surface area contributed by atoms with E-state index < -0.39 is 0 Å². The van der Waals surface area contributed by atoms with Crippen LogP contribution in [0.3, 0.4) is 0 Å². The molecule has 0 atom stereocenters. The van der Waals surface area contributed by atoms with Gasteiger partial charge < -0.3 is 10.1 Å². The highest BCUT2D eigenvalue weighted by Crippen LogP contribution is 2.28. The zero-order chi connectivity index (χ0) is 22.7. The number of thiophene rings is 1. The van der Waals surface area contributed by atoms with Crippen molar-refractivity contribution in [2.45, 2.75) is 25.4 Å². The number of aromatic nitrogens is 2. The lowest BCUT2D eigenvalue weighted by Gasteiger charge is -2.13. The molecule has 164 valence electrons. The fraction of sp³-hybridized carbons (Fsp3) is 0.208. The quantitative estimate of drug-likeness (QED) is 0.305. The van der Waals surface area contributed by atoms with Crippen LogP contribution >= 0.6 is 23.1 Å². The first kappa shape index (κ1) is 22.1. The molecule has 0 aliphatic heterocycles. The molecule has 1 amide bonds. The zero-order valence-electron chi connectivity index (χ0n) is 18.0. The zero-order valence-corrected chi connectivity index (χ0v) is 19.7. The van der Waals surface area contributed by atoms with Crippen molar-refractivity contribution in [2.24, 2.45) is 0 Å². The molecule has 1 N–H and O–H groups in total. The number of hydrogen-bond acceptors (Lipinski definition) is 6. The lowest BCUT2D eigenvalue weighted by Crippen LogP contribution is -2.22. The summed E-state index contributed by atoms with van der Waals surface area (Å²) in [5.74, 6) is 0.502. The molecular weight excluding hydrogens is 442 g/mol. The van der Waals surface area contributed by atoms with E-state index in [1.807, 2.05) is 61.5 Å². The third-order valence-corrected chi connectivity index (χ3v) is 7.02. The van der Waals surface area contributed by atoms with Gasteiger partial charge in [0.25, 0.3) is 5.56 Å². The number of methoxy groups -OCH3 is 1. The maximum atomic E-state index is 13.3. The molecule has 0 unspecified atom stereocenters. The molecule has 2 aromatic carbocycles. The van der Waals surface area contributed by atoms with Crippen molar-refractivity contribution in [3.63, 3.8) is 0 Å². The van der Waals surface area contributed by atoms with Gasteiger partial charge in [0.2, 0.25) is 5.91 Å². The van der Waals surface area contributed by atoms with E-state index in [1.54, 1.807) is 11.7 Å². The van der Waals surface area contributed by atoms with Crippen LogP contribution in [0.1, 0.15) is 17.4 Å². The molecule has 32 heavy (non-hydrogen) atoms. The van der Waals surface area contributed by atoms with Gasteiger partial charge >= 0.3 is 0 Å². The molecule has 0 aliphatic rings. The summed E-state index contributed by atoms with van der Waals surface area (Å²) in [5.41, 5.74) is 2.23. The van der Waals surface area contributed by atoms with Crippen molar-refractivity contribution in [2.75, 3.05) is 18.2 Å². The fourth-order valence-corrected chi connectivity index (χ4v) is 5.14. The van der Waals surface area contributed by atoms with Crippen molar-refractivity contribution in [1.82, 2.24) is 9.55 Å². The third-order valence-electron chi connectivity index (χ3n) is 4.91. The number of ether oxygens (including phenoxy) is 1. The highest BCUT2D eigenvalue weighted by Gasteiger charge is 2.17. The van der Waals surface area contributed by atoms with Gasteiger partial charge in [-0.2, -0.15) is 0 Å². The first-order valence-electron chi connectivity index (χ1n) is 10.2. The Morgan fingerprint density at radius 3 is 2.69 bits per heavy atom. The number of para-hydroxylation sites is 1. The van der Waals surface area contributed by atoms with Crippen molar-refractivity contribution >= 4 is 44.9 Å². The van der Waals surface area contributed by atoms with Gasteiger partial charge in [0, 0.05) is 4.88 Å². The van der Waals surface area contributed by atoms with E-state index in [1.165, 1.54) is 23.1 Å². The summed E-state index contributed by atoms with van der Waals surface area (Å²) in [7, 11) is 1.57. The van der Waals surface area contributed by atoms with Crippen molar-refractivity contribution in [1.29, 1.82) is 0 Å². The van der Waals surface area contributed by atoms with Gasteiger partial charge in [-0.1, -0.05) is 43.0 Å². The van der Waals surface area contributed by atoms with Crippen molar-refractivity contribution < 1.29 is 9.53 Å². The van der Waals surface area contributed by atoms with Crippen LogP contribution in [0.5, 0.6) is 5.75 Å². The number of fused-ring (bicyclic) bond motifs is 1. The van der Waals surface area contributed by atoms with Crippen molar-refractivity contribution in [3.8, 4) is 11.4 Å². The Kier molecular flexibility index (Phi) is 6.62. The van der Waals surface area contributed by atoms with Gasteiger partial charge in [0.15, 0.2) is 5.16 Å². The molecular formula is C24H23N3O3S2. The monoisotopic (exact) mass is 465 g/mol. The normalized spacial score (nSPS) is 11.0. The van der Waals surface area contributed by atoms with Crippen LogP contribution < -0.4 is 15.6 Å². The summed E-state index contributed by atoms with van der Waals surface area (Å²) < 4.78 is 6.92. The molecule has 0 saturated heterocycles. The predicted molar refractivity (Wildman–Crippen MR) is 132 cm³/mol. The van der Waals surface area contributed by atoms with Crippen molar-refractivity contribution in [3.05, 3.63) is 75.4 Å². The lowest BCUT2D eigenvalue weighted by molar-refractivity contribution is -0.113. The average molecular weight is 466 g/mol. The summed E-state index contributed by atoms with van der Waals surface area (Å²) in [4.78, 5) is 32.6. The lowest BCUT2D eigenvalue weighted by atomic mass is 10.2. The smallest absolute Gasteiger partial charge is 0.267 e. The van der Waals surface area contributed by atoms with E-state index in [0.717, 1.165) is 22.5 Å². The number of thioether (sulfide) groups is 1. The predicted octanol–water partition coefficient (Wildman–Crippen LogP) is 5.06. The molecule has 0 spiro atoms. The number of nitrogens with zero attached hydrogens (tertiary/aromatic N) is 2. The molecule has 0 saturated carbocycles. The fourth-order valence-electron chi connectivity index (χ4n) is 3.32. The van der Waals surface area contributed by atoms with Crippen LogP contribution in [-0.4, -0.2) is 28.3 Å². The van der Waals surface area contributed by atoms with E-state index in [2.05, 4.69) is 12.2 Å². The second kappa shape index (κ2) is 9.58. The Balaban J connectivity index is 1.66. The highest BCUT2D eigenvalue weighted by atomic mass is 32.2. The molecule has 0 fully saturated rings. The number of carbonyl (C=O) groups is 1. The first-order chi connectivity index (χ1) is 15.5. The standard InChI is InChI=1S/C24H23N3O3S2/c1-4-17-13-18-22(32-17)26-24(27(23(18)29)16-8-6-5-7-9-16)31-14-21(28)25-19-12-15(2)10-11-20(19)30-3/h5-13H,4,14H2,1-3H3,(H,25,28). The van der Waals surface area contributed by atoms with E-state index >= 15 is 0 Å². The number of rotatable bonds is 7. The van der Waals surface area contributed by atoms with Gasteiger partial charge in [-0.05, 0) is 49.2 Å². The largest absolute Gasteiger partial charge is 0.495 e. The maximum Gasteiger partial charge on any atom is 0.267 e. The summed E-state index contributed by atoms with van der Waals surface area (Å²) in [6.45, 7) is 4.01. The second-order valence-electron chi connectivity index (χ2n) is 7.20. The Morgan fingerprint density at radius 1 is 1.19 bits per heavy atom. The summed E-state index contributed by atoms with van der Waals surface area (Å²) >= 11 is 2.76. The van der Waals surface area contributed by atoms with E-state index in [9.17, 15) is 9.59 Å². The molecule has 0 bridgehead atoms. The number of carbonyl (C=O) groups excluding carboxylic acids is 1. The molecule has 0 radical (unpaired) electrons. The maximum absolute atomic E-state index is 13.3. The van der Waals surface area contributed by atoms with Gasteiger partial charge in [-0.25, -0.2) is 4.98 Å². The minimum Gasteiger partial charge on any atom is -0.495 e. The van der Waals surface area contributed by atoms with Crippen LogP contribution in [0.4, 0.5) is 5.69 Å². The molecule has 0 aliphatic carbocycles. The molecule has 2 aromatic heterocycles. The van der Waals surface area contributed by atoms with E-state index in [-0.39, 0.29) is 17.2 Å². The van der Waals surface area contributed by atoms with Gasteiger partial charge in [-0.15, -0.1) is 11.3 Å². The van der Waals surface area contributed by atoms with Gasteiger partial charge in [0.05, 0.1) is 29.6 Å². The number of hydrogen-bond donors (Lipinski definition) is 1. The molecule has 2 heterocycles. The van der Waals surface area contributed by atoms with Gasteiger partial charge in [-0.3, -0.25) is 14.2 Å². The SMILES string of the molecule is CCc1cc2c(=O)n(-c3ccccc3)c(SCC(=O)Nc3cc(C)ccc3OC)nc2s1. The number of benzene rings is 2. The number of anilines is 1. The molecule has 4 rings (SSSR count). The van der Waals surface area contributed by atoms with Crippen LogP contribution in [0, 0.1) is 6.92 Å². The molecule has 6 nitrogen and oxygen atoms in total. The van der Waals surface area contributed by atoms with Crippen LogP contribution in [0.25, 0.3) is 15.9 Å². The Labute approximate surface area is 194 Å². The Morgan fingerprint density at radius 2 is 1.97 bits per heavy atom. The van der Waals surface area contributed by atoms with Crippen LogP contribution in [0.15, 0.2) is 64.5 Å². The minimum atomic E-state index is -0.201.